The van der Waals surface area contributed by atoms with Crippen LogP contribution in [0.1, 0.15) is 22.3 Å². The third kappa shape index (κ3) is 5.74. The van der Waals surface area contributed by atoms with Crippen molar-refractivity contribution in [3.8, 4) is 5.75 Å². The Morgan fingerprint density at radius 3 is 2.15 bits per heavy atom. The van der Waals surface area contributed by atoms with Crippen LogP contribution in [-0.4, -0.2) is 32.0 Å². The number of aryl methyl sites for hydroxylation is 4. The fraction of sp³-hybridized carbons (Fsp3) is 0.333. The normalized spacial score (nSPS) is 10.3. The first-order valence-corrected chi connectivity index (χ1v) is 8.83. The van der Waals surface area contributed by atoms with E-state index in [1.165, 1.54) is 0 Å². The van der Waals surface area contributed by atoms with Crippen LogP contribution < -0.4 is 20.7 Å². The highest BCUT2D eigenvalue weighted by atomic mass is 16.5. The van der Waals surface area contributed by atoms with Crippen LogP contribution in [0.25, 0.3) is 0 Å². The minimum atomic E-state index is -0.252. The van der Waals surface area contributed by atoms with Gasteiger partial charge in [0.15, 0.2) is 0 Å². The van der Waals surface area contributed by atoms with Crippen molar-refractivity contribution < 1.29 is 14.3 Å². The number of carbonyl (C=O) groups is 2. The Balaban J connectivity index is 1.82. The molecule has 0 aromatic heterocycles. The van der Waals surface area contributed by atoms with E-state index in [4.69, 9.17) is 4.74 Å². The molecule has 0 aliphatic rings. The van der Waals surface area contributed by atoms with E-state index in [2.05, 4.69) is 16.0 Å². The molecule has 0 spiro atoms. The summed E-state index contributed by atoms with van der Waals surface area (Å²) in [6.07, 6.45) is 0. The van der Waals surface area contributed by atoms with Gasteiger partial charge in [-0.05, 0) is 62.6 Å². The molecule has 0 bridgehead atoms. The van der Waals surface area contributed by atoms with Crippen LogP contribution in [0, 0.1) is 27.7 Å². The highest BCUT2D eigenvalue weighted by Crippen LogP contribution is 2.22. The molecule has 0 saturated carbocycles. The number of ether oxygens (including phenoxy) is 1. The van der Waals surface area contributed by atoms with Gasteiger partial charge in [0, 0.05) is 11.4 Å². The van der Waals surface area contributed by atoms with Gasteiger partial charge in [0.2, 0.25) is 11.8 Å². The van der Waals surface area contributed by atoms with Crippen molar-refractivity contribution in [3.05, 3.63) is 52.6 Å². The first kappa shape index (κ1) is 20.3. The molecule has 0 aliphatic carbocycles. The van der Waals surface area contributed by atoms with Gasteiger partial charge < -0.3 is 20.7 Å². The lowest BCUT2D eigenvalue weighted by atomic mass is 10.1. The summed E-state index contributed by atoms with van der Waals surface area (Å²) in [5, 5.41) is 8.56. The second kappa shape index (κ2) is 9.07. The van der Waals surface area contributed by atoms with Crippen molar-refractivity contribution in [1.82, 2.24) is 5.32 Å². The first-order chi connectivity index (χ1) is 12.8. The van der Waals surface area contributed by atoms with Gasteiger partial charge in [-0.2, -0.15) is 0 Å². The summed E-state index contributed by atoms with van der Waals surface area (Å²) >= 11 is 0. The molecule has 0 saturated heterocycles. The fourth-order valence-corrected chi connectivity index (χ4v) is 2.94. The van der Waals surface area contributed by atoms with Crippen LogP contribution in [0.2, 0.25) is 0 Å². The van der Waals surface area contributed by atoms with Crippen LogP contribution in [0.15, 0.2) is 30.3 Å². The van der Waals surface area contributed by atoms with E-state index in [9.17, 15) is 9.59 Å². The minimum Gasteiger partial charge on any atom is -0.497 e. The van der Waals surface area contributed by atoms with Gasteiger partial charge in [0.1, 0.15) is 5.75 Å². The topological polar surface area (TPSA) is 79.5 Å². The molecule has 3 N–H and O–H groups in total. The largest absolute Gasteiger partial charge is 0.497 e. The zero-order chi connectivity index (χ0) is 20.0. The second-order valence-corrected chi connectivity index (χ2v) is 6.63. The van der Waals surface area contributed by atoms with Gasteiger partial charge in [-0.3, -0.25) is 9.59 Å². The van der Waals surface area contributed by atoms with Crippen molar-refractivity contribution in [1.29, 1.82) is 0 Å². The number of methoxy groups -OCH3 is 1. The van der Waals surface area contributed by atoms with E-state index in [0.717, 1.165) is 39.4 Å². The van der Waals surface area contributed by atoms with Crippen LogP contribution in [0.4, 0.5) is 11.4 Å². The average molecular weight is 369 g/mol. The first-order valence-electron chi connectivity index (χ1n) is 8.83. The van der Waals surface area contributed by atoms with E-state index in [1.54, 1.807) is 7.11 Å². The molecule has 2 aromatic carbocycles. The average Bonchev–Trinajstić information content (AvgIpc) is 2.61. The summed E-state index contributed by atoms with van der Waals surface area (Å²) in [5.41, 5.74) is 5.78. The number of nitrogens with one attached hydrogen (secondary N) is 3. The van der Waals surface area contributed by atoms with Gasteiger partial charge in [0.05, 0.1) is 20.2 Å². The molecule has 6 nitrogen and oxygen atoms in total. The molecule has 0 aliphatic heterocycles. The molecule has 6 heteroatoms. The van der Waals surface area contributed by atoms with Gasteiger partial charge in [-0.1, -0.05) is 17.7 Å². The van der Waals surface area contributed by atoms with Crippen molar-refractivity contribution in [2.45, 2.75) is 27.7 Å². The van der Waals surface area contributed by atoms with Crippen LogP contribution >= 0.6 is 0 Å². The second-order valence-electron chi connectivity index (χ2n) is 6.63. The highest BCUT2D eigenvalue weighted by molar-refractivity contribution is 5.96. The lowest BCUT2D eigenvalue weighted by Gasteiger charge is -2.14. The van der Waals surface area contributed by atoms with E-state index in [1.807, 2.05) is 58.0 Å². The van der Waals surface area contributed by atoms with Gasteiger partial charge in [-0.15, -0.1) is 0 Å². The maximum Gasteiger partial charge on any atom is 0.243 e. The minimum absolute atomic E-state index is 0.0745. The van der Waals surface area contributed by atoms with Crippen LogP contribution in [-0.2, 0) is 9.59 Å². The van der Waals surface area contributed by atoms with Gasteiger partial charge in [-0.25, -0.2) is 0 Å². The Kier molecular flexibility index (Phi) is 6.82. The number of benzene rings is 2. The molecule has 2 rings (SSSR count). The maximum atomic E-state index is 12.1. The summed E-state index contributed by atoms with van der Waals surface area (Å²) < 4.78 is 5.16. The summed E-state index contributed by atoms with van der Waals surface area (Å²) in [4.78, 5) is 24.2. The zero-order valence-corrected chi connectivity index (χ0v) is 16.5. The van der Waals surface area contributed by atoms with E-state index in [0.29, 0.717) is 0 Å². The summed E-state index contributed by atoms with van der Waals surface area (Å²) in [6, 6.07) is 9.61. The molecule has 2 aromatic rings. The Morgan fingerprint density at radius 2 is 1.56 bits per heavy atom. The lowest BCUT2D eigenvalue weighted by Crippen LogP contribution is -2.36. The predicted molar refractivity (Wildman–Crippen MR) is 109 cm³/mol. The monoisotopic (exact) mass is 369 g/mol. The molecule has 0 heterocycles. The fourth-order valence-electron chi connectivity index (χ4n) is 2.94. The molecule has 27 heavy (non-hydrogen) atoms. The van der Waals surface area contributed by atoms with Crippen molar-refractivity contribution in [2.75, 3.05) is 30.8 Å². The molecule has 0 fully saturated rings. The van der Waals surface area contributed by atoms with Crippen LogP contribution in [0.3, 0.4) is 0 Å². The maximum absolute atomic E-state index is 12.1. The molecular formula is C21H27N3O3. The standard InChI is InChI=1S/C21H27N3O3/c1-13-8-15(3)21(16(4)9-13)24-20(26)12-23-19(25)11-22-18-7-6-17(27-5)10-14(18)2/h6-10,22H,11-12H2,1-5H3,(H,23,25)(H,24,26). The number of amides is 2. The molecule has 0 unspecified atom stereocenters. The zero-order valence-electron chi connectivity index (χ0n) is 16.5. The molecular weight excluding hydrogens is 342 g/mol. The third-order valence-corrected chi connectivity index (χ3v) is 4.26. The van der Waals surface area contributed by atoms with E-state index < -0.39 is 0 Å². The lowest BCUT2D eigenvalue weighted by molar-refractivity contribution is -0.122. The number of hydrogen-bond donors (Lipinski definition) is 3. The summed E-state index contributed by atoms with van der Waals surface area (Å²) in [7, 11) is 1.61. The third-order valence-electron chi connectivity index (χ3n) is 4.26. The highest BCUT2D eigenvalue weighted by Gasteiger charge is 2.10. The SMILES string of the molecule is COc1ccc(NCC(=O)NCC(=O)Nc2c(C)cc(C)cc2C)c(C)c1. The number of carbonyl (C=O) groups excluding carboxylic acids is 2. The van der Waals surface area contributed by atoms with Gasteiger partial charge in [0.25, 0.3) is 0 Å². The summed E-state index contributed by atoms with van der Waals surface area (Å²) in [5.74, 6) is 0.262. The van der Waals surface area contributed by atoms with Gasteiger partial charge >= 0.3 is 0 Å². The number of anilines is 2. The molecule has 0 atom stereocenters. The summed E-state index contributed by atoms with van der Waals surface area (Å²) in [6.45, 7) is 7.87. The van der Waals surface area contributed by atoms with Crippen LogP contribution in [0.5, 0.6) is 5.75 Å². The van der Waals surface area contributed by atoms with E-state index in [-0.39, 0.29) is 24.9 Å². The number of rotatable bonds is 7. The van der Waals surface area contributed by atoms with Crippen molar-refractivity contribution >= 4 is 23.2 Å². The van der Waals surface area contributed by atoms with Crippen molar-refractivity contribution in [2.24, 2.45) is 0 Å². The Morgan fingerprint density at radius 1 is 0.889 bits per heavy atom. The Labute approximate surface area is 160 Å². The van der Waals surface area contributed by atoms with Crippen molar-refractivity contribution in [3.63, 3.8) is 0 Å². The Hall–Kier alpha value is -3.02. The molecule has 0 radical (unpaired) electrons. The quantitative estimate of drug-likeness (QED) is 0.701. The molecule has 2 amide bonds. The predicted octanol–water partition coefficient (Wildman–Crippen LogP) is 3.10. The number of hydrogen-bond acceptors (Lipinski definition) is 4. The Bertz CT molecular complexity index is 824. The van der Waals surface area contributed by atoms with E-state index >= 15 is 0 Å². The smallest absolute Gasteiger partial charge is 0.243 e. The molecule has 144 valence electrons.